The van der Waals surface area contributed by atoms with Crippen LogP contribution in [-0.4, -0.2) is 64.6 Å². The molecule has 2 N–H and O–H groups in total. The first-order chi connectivity index (χ1) is 23.4. The zero-order valence-electron chi connectivity index (χ0n) is 29.3. The van der Waals surface area contributed by atoms with Crippen LogP contribution in [0.5, 0.6) is 0 Å². The van der Waals surface area contributed by atoms with Crippen molar-refractivity contribution in [2.45, 2.75) is 115 Å². The minimum absolute atomic E-state index is 0.00912. The molecule has 0 radical (unpaired) electrons. The van der Waals surface area contributed by atoms with Crippen molar-refractivity contribution >= 4 is 11.9 Å². The molecule has 2 saturated heterocycles. The number of hydrogen-bond donors (Lipinski definition) is 2. The van der Waals surface area contributed by atoms with Crippen molar-refractivity contribution in [3.63, 3.8) is 0 Å². The maximum Gasteiger partial charge on any atom is 0.338 e. The van der Waals surface area contributed by atoms with Crippen LogP contribution in [0.25, 0.3) is 0 Å². The van der Waals surface area contributed by atoms with E-state index in [-0.39, 0.29) is 42.1 Å². The third-order valence-electron chi connectivity index (χ3n) is 14.6. The van der Waals surface area contributed by atoms with Crippen LogP contribution in [0.1, 0.15) is 99.8 Å². The van der Waals surface area contributed by atoms with Gasteiger partial charge in [-0.2, -0.15) is 0 Å². The number of esters is 2. The Balaban J connectivity index is 1.08. The van der Waals surface area contributed by atoms with E-state index in [0.29, 0.717) is 35.3 Å². The molecule has 6 fully saturated rings. The number of ether oxygens (including phenoxy) is 4. The number of carbonyl (C=O) groups excluding carboxylic acids is 2. The Morgan fingerprint density at radius 2 is 1.43 bits per heavy atom. The summed E-state index contributed by atoms with van der Waals surface area (Å²) in [6.45, 7) is 9.85. The van der Waals surface area contributed by atoms with Gasteiger partial charge in [0.15, 0.2) is 5.79 Å². The Labute approximate surface area is 289 Å². The van der Waals surface area contributed by atoms with Gasteiger partial charge in [-0.1, -0.05) is 64.1 Å². The minimum Gasteiger partial charge on any atom is -0.455 e. The van der Waals surface area contributed by atoms with E-state index in [1.54, 1.807) is 48.5 Å². The number of benzene rings is 2. The Morgan fingerprint density at radius 1 is 0.816 bits per heavy atom. The van der Waals surface area contributed by atoms with Gasteiger partial charge in [-0.15, -0.1) is 0 Å². The monoisotopic (exact) mass is 672 g/mol. The molecule has 6 aliphatic rings. The second kappa shape index (κ2) is 11.9. The highest BCUT2D eigenvalue weighted by atomic mass is 16.7. The summed E-state index contributed by atoms with van der Waals surface area (Å²) in [6.07, 6.45) is 3.05. The smallest absolute Gasteiger partial charge is 0.338 e. The average Bonchev–Trinajstić information content (AvgIpc) is 3.54. The standard InChI is InChI=1S/C41H52O8/c1-24-15-18-41(46-23-24)25(2)35-31(49-41)20-30-28-19-34(42)40(45)22-33(48-37(44)27-13-9-6-10-14-27)32(47-36(43)26-11-7-5-8-12-26)21-39(40,4)29(28)16-17-38(30,35)3/h5-14,24-25,28-35,42,45H,15-23H2,1-4H3/t24?,25-,28?,29?,30?,31?,32+,33?,34?,35?,38-,39+,40-,41+/m0/s1. The topological polar surface area (TPSA) is 112 Å². The molecule has 8 heteroatoms. The largest absolute Gasteiger partial charge is 0.455 e. The summed E-state index contributed by atoms with van der Waals surface area (Å²) in [7, 11) is 0. The van der Waals surface area contributed by atoms with Gasteiger partial charge in [-0.25, -0.2) is 9.59 Å². The van der Waals surface area contributed by atoms with E-state index < -0.39 is 47.1 Å². The molecule has 0 bridgehead atoms. The zero-order valence-corrected chi connectivity index (χ0v) is 29.3. The van der Waals surface area contributed by atoms with Crippen molar-refractivity contribution in [2.75, 3.05) is 6.61 Å². The molecule has 2 aromatic carbocycles. The van der Waals surface area contributed by atoms with Gasteiger partial charge in [0.05, 0.1) is 35.5 Å². The number of aliphatic hydroxyl groups is 2. The van der Waals surface area contributed by atoms with Gasteiger partial charge in [0.1, 0.15) is 12.2 Å². The van der Waals surface area contributed by atoms with E-state index in [9.17, 15) is 19.8 Å². The van der Waals surface area contributed by atoms with Crippen LogP contribution in [0.2, 0.25) is 0 Å². The number of rotatable bonds is 4. The molecule has 1 spiro atoms. The Bertz CT molecular complexity index is 1560. The molecule has 14 atom stereocenters. The molecule has 4 saturated carbocycles. The van der Waals surface area contributed by atoms with Gasteiger partial charge >= 0.3 is 11.9 Å². The van der Waals surface area contributed by atoms with Crippen molar-refractivity contribution < 1.29 is 38.7 Å². The first-order valence-corrected chi connectivity index (χ1v) is 18.6. The van der Waals surface area contributed by atoms with E-state index in [4.69, 9.17) is 18.9 Å². The fourth-order valence-electron chi connectivity index (χ4n) is 12.1. The van der Waals surface area contributed by atoms with Gasteiger partial charge in [0.25, 0.3) is 0 Å². The van der Waals surface area contributed by atoms with E-state index in [0.717, 1.165) is 38.7 Å². The first kappa shape index (κ1) is 33.4. The van der Waals surface area contributed by atoms with Crippen molar-refractivity contribution in [3.05, 3.63) is 71.8 Å². The molecular weight excluding hydrogens is 620 g/mol. The van der Waals surface area contributed by atoms with Crippen LogP contribution in [0.3, 0.4) is 0 Å². The zero-order chi connectivity index (χ0) is 34.3. The molecule has 264 valence electrons. The summed E-state index contributed by atoms with van der Waals surface area (Å²) in [5.74, 6) is 0.296. The van der Waals surface area contributed by atoms with Crippen LogP contribution >= 0.6 is 0 Å². The molecule has 49 heavy (non-hydrogen) atoms. The van der Waals surface area contributed by atoms with Crippen molar-refractivity contribution in [1.29, 1.82) is 0 Å². The normalized spacial score (nSPS) is 47.0. The fraction of sp³-hybridized carbons (Fsp3) is 0.659. The molecule has 4 aliphatic carbocycles. The lowest BCUT2D eigenvalue weighted by Gasteiger charge is -2.66. The van der Waals surface area contributed by atoms with Gasteiger partial charge in [0, 0.05) is 24.2 Å². The highest BCUT2D eigenvalue weighted by Gasteiger charge is 2.73. The number of hydrogen-bond acceptors (Lipinski definition) is 8. The van der Waals surface area contributed by atoms with Crippen LogP contribution in [0.4, 0.5) is 0 Å². The highest BCUT2D eigenvalue weighted by Crippen LogP contribution is 2.72. The lowest BCUT2D eigenvalue weighted by Crippen LogP contribution is -2.71. The SMILES string of the molecule is CC1CC[C@@]2(OC1)OC1CC3C4CC(O)[C@@]5(O)CC(OC(=O)c6ccccc6)[C@H](OC(=O)c6ccccc6)C[C@]5(C)C4CC[C@]3(C)C1[C@@H]2C. The summed E-state index contributed by atoms with van der Waals surface area (Å²) in [5, 5.41) is 24.7. The van der Waals surface area contributed by atoms with Crippen molar-refractivity contribution in [1.82, 2.24) is 0 Å². The third-order valence-corrected chi connectivity index (χ3v) is 14.6. The number of fused-ring (bicyclic) bond motifs is 7. The van der Waals surface area contributed by atoms with Crippen LogP contribution in [0.15, 0.2) is 60.7 Å². The number of carbonyl (C=O) groups is 2. The molecule has 2 aliphatic heterocycles. The maximum atomic E-state index is 13.5. The van der Waals surface area contributed by atoms with Crippen LogP contribution in [-0.2, 0) is 18.9 Å². The Morgan fingerprint density at radius 3 is 2.02 bits per heavy atom. The van der Waals surface area contributed by atoms with Gasteiger partial charge in [-0.05, 0) is 97.8 Å². The minimum atomic E-state index is -1.52. The summed E-state index contributed by atoms with van der Waals surface area (Å²) in [4.78, 5) is 26.8. The van der Waals surface area contributed by atoms with E-state index in [1.807, 2.05) is 12.1 Å². The van der Waals surface area contributed by atoms with Gasteiger partial charge in [-0.3, -0.25) is 0 Å². The molecular formula is C41H52O8. The average molecular weight is 673 g/mol. The highest BCUT2D eigenvalue weighted by molar-refractivity contribution is 5.90. The quantitative estimate of drug-likeness (QED) is 0.351. The van der Waals surface area contributed by atoms with E-state index in [2.05, 4.69) is 27.7 Å². The molecule has 8 rings (SSSR count). The molecule has 2 heterocycles. The lowest BCUT2D eigenvalue weighted by molar-refractivity contribution is -0.286. The van der Waals surface area contributed by atoms with Crippen molar-refractivity contribution in [3.8, 4) is 0 Å². The van der Waals surface area contributed by atoms with E-state index >= 15 is 0 Å². The van der Waals surface area contributed by atoms with Crippen LogP contribution < -0.4 is 0 Å². The predicted molar refractivity (Wildman–Crippen MR) is 181 cm³/mol. The lowest BCUT2D eigenvalue weighted by atomic mass is 9.42. The number of aliphatic hydroxyl groups excluding tert-OH is 1. The van der Waals surface area contributed by atoms with Crippen LogP contribution in [0, 0.1) is 46.3 Å². The molecule has 2 aromatic rings. The molecule has 8 unspecified atom stereocenters. The van der Waals surface area contributed by atoms with E-state index in [1.165, 1.54) is 0 Å². The Hall–Kier alpha value is -2.78. The summed E-state index contributed by atoms with van der Waals surface area (Å²) >= 11 is 0. The molecule has 8 nitrogen and oxygen atoms in total. The van der Waals surface area contributed by atoms with Crippen molar-refractivity contribution in [2.24, 2.45) is 46.3 Å². The second-order valence-electron chi connectivity index (χ2n) is 17.0. The summed E-state index contributed by atoms with van der Waals surface area (Å²) < 4.78 is 25.7. The Kier molecular flexibility index (Phi) is 8.10. The van der Waals surface area contributed by atoms with Gasteiger partial charge < -0.3 is 29.2 Å². The first-order valence-electron chi connectivity index (χ1n) is 18.6. The molecule has 0 aromatic heterocycles. The van der Waals surface area contributed by atoms with Gasteiger partial charge in [0.2, 0.25) is 0 Å². The summed E-state index contributed by atoms with van der Waals surface area (Å²) in [6, 6.07) is 17.5. The summed E-state index contributed by atoms with van der Waals surface area (Å²) in [5.41, 5.74) is -1.47. The fourth-order valence-corrected chi connectivity index (χ4v) is 12.1. The predicted octanol–water partition coefficient (Wildman–Crippen LogP) is 6.58. The second-order valence-corrected chi connectivity index (χ2v) is 17.0. The molecule has 0 amide bonds. The maximum absolute atomic E-state index is 13.5. The third kappa shape index (κ3) is 5.06.